The Morgan fingerprint density at radius 1 is 0.419 bits per heavy atom. The molecule has 86 heavy (non-hydrogen) atoms. The summed E-state index contributed by atoms with van der Waals surface area (Å²) in [6.45, 7) is 10.0. The average Bonchev–Trinajstić information content (AvgIpc) is 3.66. The lowest BCUT2D eigenvalue weighted by atomic mass is 9.90. The van der Waals surface area contributed by atoms with Crippen molar-refractivity contribution in [2.24, 2.45) is 5.92 Å². The number of ether oxygens (including phenoxy) is 6. The fraction of sp³-hybridized carbons (Fsp3) is 0.484. The molecule has 0 heterocycles. The Morgan fingerprint density at radius 2 is 0.767 bits per heavy atom. The van der Waals surface area contributed by atoms with Gasteiger partial charge >= 0.3 is 36.6 Å². The zero-order valence-electron chi connectivity index (χ0n) is 50.4. The number of carbonyl (C=O) groups is 9. The van der Waals surface area contributed by atoms with Gasteiger partial charge in [-0.05, 0) is 122 Å². The molecule has 4 aromatic carbocycles. The third kappa shape index (κ3) is 30.9. The van der Waals surface area contributed by atoms with E-state index in [0.29, 0.717) is 49.2 Å². The van der Waals surface area contributed by atoms with Gasteiger partial charge in [0, 0.05) is 38.4 Å². The van der Waals surface area contributed by atoms with Crippen LogP contribution >= 0.6 is 0 Å². The summed E-state index contributed by atoms with van der Waals surface area (Å²) in [6.07, 6.45) is -3.11. The summed E-state index contributed by atoms with van der Waals surface area (Å²) in [7, 11) is 0. The van der Waals surface area contributed by atoms with Gasteiger partial charge in [0.15, 0.2) is 11.6 Å². The Morgan fingerprint density at radius 3 is 1.14 bits per heavy atom. The standard InChI is InChI=1S/C64H86N6O16/c1-63(2,3)85-61(78)70(62(79)86-64(4,5)6)84-41-25-37-54(71)52(35-20-23-39-66-58(75)81-44-48-28-13-8-14-29-48)68-56(73)51(34-19-22-38-65-57(74)80-43-47-26-11-7-12-27-47)42-55(72)53(69-60(77)83-46-50-32-17-10-18-33-50)36-21-24-40-67-59(76)82-45-49-30-15-9-16-31-49/h7-18,26-33,51-53H,19-25,34-46H2,1-6H3,(H,65,74)(H,66,75)(H,67,76)(H,68,73)(H,69,77)/t51-,52+,53+/m1/s1. The Hall–Kier alpha value is -8.53. The van der Waals surface area contributed by atoms with Gasteiger partial charge in [-0.3, -0.25) is 19.2 Å². The Labute approximate surface area is 504 Å². The average molecular weight is 1200 g/mol. The van der Waals surface area contributed by atoms with E-state index in [9.17, 15) is 43.2 Å². The summed E-state index contributed by atoms with van der Waals surface area (Å²) in [4.78, 5) is 126. The zero-order chi connectivity index (χ0) is 62.6. The van der Waals surface area contributed by atoms with E-state index in [1.807, 2.05) is 97.1 Å². The number of nitrogens with zero attached hydrogens (tertiary/aromatic N) is 1. The van der Waals surface area contributed by atoms with E-state index in [2.05, 4.69) is 26.6 Å². The highest BCUT2D eigenvalue weighted by molar-refractivity contribution is 5.94. The number of ketones is 2. The molecule has 3 atom stereocenters. The molecule has 5 N–H and O–H groups in total. The Balaban J connectivity index is 1.51. The molecule has 4 rings (SSSR count). The van der Waals surface area contributed by atoms with Crippen LogP contribution in [-0.4, -0.2) is 109 Å². The molecule has 0 aromatic heterocycles. The molecule has 0 bridgehead atoms. The predicted molar refractivity (Wildman–Crippen MR) is 319 cm³/mol. The molecule has 0 radical (unpaired) electrons. The molecule has 468 valence electrons. The van der Waals surface area contributed by atoms with Crippen molar-refractivity contribution in [2.45, 2.75) is 168 Å². The van der Waals surface area contributed by atoms with E-state index in [-0.39, 0.29) is 91.2 Å². The normalized spacial score (nSPS) is 12.2. The SMILES string of the molecule is CC(C)(C)OC(=O)N(OCCCC(=O)[C@H](CCCCNC(=O)OCc1ccccc1)NC(=O)[C@H](CCCCNC(=O)OCc1ccccc1)CC(=O)[C@H](CCCCNC(=O)OCc1ccccc1)NC(=O)OCc1ccccc1)C(=O)OC(C)(C)C. The van der Waals surface area contributed by atoms with E-state index in [1.165, 1.54) is 0 Å². The number of alkyl carbamates (subject to hydrolysis) is 4. The predicted octanol–water partition coefficient (Wildman–Crippen LogP) is 11.1. The number of imide groups is 1. The van der Waals surface area contributed by atoms with Crippen LogP contribution in [0, 0.1) is 5.92 Å². The van der Waals surface area contributed by atoms with Crippen LogP contribution in [0.3, 0.4) is 0 Å². The molecule has 0 spiro atoms. The van der Waals surface area contributed by atoms with Gasteiger partial charge in [-0.1, -0.05) is 133 Å². The van der Waals surface area contributed by atoms with Crippen molar-refractivity contribution in [3.05, 3.63) is 144 Å². The van der Waals surface area contributed by atoms with Gasteiger partial charge in [-0.15, -0.1) is 0 Å². The van der Waals surface area contributed by atoms with Crippen LogP contribution in [0.4, 0.5) is 28.8 Å². The highest BCUT2D eigenvalue weighted by atomic mass is 16.8. The van der Waals surface area contributed by atoms with Gasteiger partial charge < -0.3 is 55.0 Å². The first-order chi connectivity index (χ1) is 41.1. The van der Waals surface area contributed by atoms with Crippen molar-refractivity contribution in [3.8, 4) is 0 Å². The molecule has 22 nitrogen and oxygen atoms in total. The van der Waals surface area contributed by atoms with Gasteiger partial charge in [-0.2, -0.15) is 0 Å². The van der Waals surface area contributed by atoms with Gasteiger partial charge in [0.05, 0.1) is 18.7 Å². The van der Waals surface area contributed by atoms with Crippen LogP contribution in [-0.2, 0) is 74.1 Å². The van der Waals surface area contributed by atoms with Gasteiger partial charge in [0.2, 0.25) is 5.91 Å². The van der Waals surface area contributed by atoms with E-state index < -0.39 is 83.2 Å². The molecule has 0 aliphatic heterocycles. The summed E-state index contributed by atoms with van der Waals surface area (Å²) in [5.41, 5.74) is 1.14. The van der Waals surface area contributed by atoms with E-state index in [0.717, 1.165) is 16.7 Å². The number of hydrogen-bond donors (Lipinski definition) is 5. The first kappa shape index (κ1) is 70.0. The molecule has 0 aliphatic carbocycles. The van der Waals surface area contributed by atoms with Crippen LogP contribution in [0.15, 0.2) is 121 Å². The van der Waals surface area contributed by atoms with E-state index >= 15 is 0 Å². The molecule has 7 amide bonds. The second kappa shape index (κ2) is 38.4. The van der Waals surface area contributed by atoms with Crippen molar-refractivity contribution in [1.29, 1.82) is 0 Å². The fourth-order valence-electron chi connectivity index (χ4n) is 8.25. The van der Waals surface area contributed by atoms with Crippen LogP contribution < -0.4 is 26.6 Å². The van der Waals surface area contributed by atoms with Crippen LogP contribution in [0.1, 0.15) is 141 Å². The number of unbranched alkanes of at least 4 members (excludes halogenated alkanes) is 3. The zero-order valence-corrected chi connectivity index (χ0v) is 50.4. The maximum Gasteiger partial charge on any atom is 0.444 e. The quantitative estimate of drug-likeness (QED) is 0.0163. The number of benzene rings is 4. The molecular formula is C64H86N6O16. The van der Waals surface area contributed by atoms with Crippen molar-refractivity contribution in [1.82, 2.24) is 31.6 Å². The lowest BCUT2D eigenvalue weighted by molar-refractivity contribution is -0.141. The minimum atomic E-state index is -1.13. The molecule has 0 aliphatic rings. The summed E-state index contributed by atoms with van der Waals surface area (Å²) in [6, 6.07) is 34.2. The largest absolute Gasteiger partial charge is 0.445 e. The second-order valence-corrected chi connectivity index (χ2v) is 22.3. The highest BCUT2D eigenvalue weighted by Gasteiger charge is 2.34. The molecule has 0 unspecified atom stereocenters. The van der Waals surface area contributed by atoms with Crippen LogP contribution in [0.2, 0.25) is 0 Å². The summed E-state index contributed by atoms with van der Waals surface area (Å²) in [5, 5.41) is 14.1. The molecule has 4 aromatic rings. The van der Waals surface area contributed by atoms with Crippen LogP contribution in [0.25, 0.3) is 0 Å². The number of carbonyl (C=O) groups excluding carboxylic acids is 9. The maximum atomic E-state index is 14.7. The molecule has 0 saturated carbocycles. The van der Waals surface area contributed by atoms with Gasteiger partial charge in [0.25, 0.3) is 0 Å². The fourth-order valence-corrected chi connectivity index (χ4v) is 8.25. The number of hydroxylamine groups is 2. The van der Waals surface area contributed by atoms with Crippen molar-refractivity contribution < 1.29 is 76.4 Å². The third-order valence-corrected chi connectivity index (χ3v) is 12.6. The number of Topliss-reactive ketones (excluding diaryl/α,β-unsaturated/α-hetero) is 2. The second-order valence-electron chi connectivity index (χ2n) is 22.3. The van der Waals surface area contributed by atoms with Crippen LogP contribution in [0.5, 0.6) is 0 Å². The van der Waals surface area contributed by atoms with E-state index in [4.69, 9.17) is 33.3 Å². The summed E-state index contributed by atoms with van der Waals surface area (Å²) < 4.78 is 32.2. The highest BCUT2D eigenvalue weighted by Crippen LogP contribution is 2.20. The number of rotatable bonds is 35. The summed E-state index contributed by atoms with van der Waals surface area (Å²) in [5.74, 6) is -2.60. The minimum absolute atomic E-state index is 0.0249. The number of nitrogens with one attached hydrogen (secondary N) is 5. The number of hydrogen-bond acceptors (Lipinski definition) is 16. The third-order valence-electron chi connectivity index (χ3n) is 12.6. The van der Waals surface area contributed by atoms with Gasteiger partial charge in [0.1, 0.15) is 37.6 Å². The Bertz CT molecular complexity index is 2680. The van der Waals surface area contributed by atoms with Crippen molar-refractivity contribution in [3.63, 3.8) is 0 Å². The minimum Gasteiger partial charge on any atom is -0.445 e. The summed E-state index contributed by atoms with van der Waals surface area (Å²) >= 11 is 0. The van der Waals surface area contributed by atoms with Crippen molar-refractivity contribution in [2.75, 3.05) is 26.2 Å². The molecule has 0 fully saturated rings. The maximum absolute atomic E-state index is 14.7. The topological polar surface area (TPSA) is 282 Å². The monoisotopic (exact) mass is 1190 g/mol. The lowest BCUT2D eigenvalue weighted by Crippen LogP contribution is -2.46. The first-order valence-corrected chi connectivity index (χ1v) is 29.2. The lowest BCUT2D eigenvalue weighted by Gasteiger charge is -2.27. The molecule has 22 heteroatoms. The van der Waals surface area contributed by atoms with Crippen molar-refractivity contribution >= 4 is 54.0 Å². The first-order valence-electron chi connectivity index (χ1n) is 29.2. The smallest absolute Gasteiger partial charge is 0.444 e. The Kier molecular flexibility index (Phi) is 31.3. The number of amides is 7. The van der Waals surface area contributed by atoms with Gasteiger partial charge in [-0.25, -0.2) is 28.8 Å². The molecule has 0 saturated heterocycles. The van der Waals surface area contributed by atoms with E-state index in [1.54, 1.807) is 65.8 Å². The molecular weight excluding hydrogens is 1110 g/mol.